The van der Waals surface area contributed by atoms with Crippen molar-refractivity contribution in [2.75, 3.05) is 26.2 Å². The van der Waals surface area contributed by atoms with Crippen molar-refractivity contribution in [3.8, 4) is 0 Å². The number of nitrogens with zero attached hydrogens (tertiary/aromatic N) is 2. The van der Waals surface area contributed by atoms with Crippen LogP contribution < -0.4 is 5.73 Å². The Bertz CT molecular complexity index is 1050. The first kappa shape index (κ1) is 30.8. The minimum Gasteiger partial charge on any atom is -0.366 e. The highest BCUT2D eigenvalue weighted by Crippen LogP contribution is 2.34. The zero-order valence-electron chi connectivity index (χ0n) is 24.9. The molecule has 3 aliphatic rings. The Morgan fingerprint density at radius 1 is 1.03 bits per heavy atom. The second-order valence-electron chi connectivity index (χ2n) is 11.2. The highest BCUT2D eigenvalue weighted by molar-refractivity contribution is 5.92. The summed E-state index contributed by atoms with van der Waals surface area (Å²) in [7, 11) is 0. The molecule has 1 aromatic rings. The maximum Gasteiger partial charge on any atom is 0.244 e. The van der Waals surface area contributed by atoms with E-state index in [4.69, 9.17) is 5.73 Å². The van der Waals surface area contributed by atoms with E-state index in [2.05, 4.69) is 97.4 Å². The van der Waals surface area contributed by atoms with Crippen LogP contribution in [-0.4, -0.2) is 47.9 Å². The molecule has 4 rings (SSSR count). The average Bonchev–Trinajstić information content (AvgIpc) is 2.96. The molecule has 4 nitrogen and oxygen atoms in total. The topological polar surface area (TPSA) is 49.6 Å². The molecule has 0 bridgehead atoms. The normalized spacial score (nSPS) is 27.6. The Balaban J connectivity index is 0.00000205. The number of carbonyl (C=O) groups excluding carboxylic acids is 1. The molecule has 4 heteroatoms. The third-order valence-corrected chi connectivity index (χ3v) is 8.70. The minimum atomic E-state index is -0.284. The predicted molar refractivity (Wildman–Crippen MR) is 166 cm³/mol. The van der Waals surface area contributed by atoms with Gasteiger partial charge in [0.05, 0.1) is 0 Å². The molecular formula is C35H51N3O. The largest absolute Gasteiger partial charge is 0.366 e. The number of amides is 1. The van der Waals surface area contributed by atoms with Crippen LogP contribution >= 0.6 is 0 Å². The first-order chi connectivity index (χ1) is 19.0. The number of hydrogen-bond donors (Lipinski definition) is 1. The van der Waals surface area contributed by atoms with Crippen molar-refractivity contribution in [3.05, 3.63) is 95.6 Å². The number of allylic oxidation sites excluding steroid dienone is 8. The fourth-order valence-corrected chi connectivity index (χ4v) is 6.15. The number of benzene rings is 1. The molecule has 2 aliphatic carbocycles. The van der Waals surface area contributed by atoms with Crippen molar-refractivity contribution >= 4 is 5.91 Å². The van der Waals surface area contributed by atoms with Crippen LogP contribution in [-0.2, 0) is 4.79 Å². The third-order valence-electron chi connectivity index (χ3n) is 8.70. The van der Waals surface area contributed by atoms with Gasteiger partial charge >= 0.3 is 0 Å². The molecule has 5 atom stereocenters. The zero-order chi connectivity index (χ0) is 28.2. The molecule has 1 saturated heterocycles. The summed E-state index contributed by atoms with van der Waals surface area (Å²) in [6.45, 7) is 15.3. The molecule has 1 fully saturated rings. The van der Waals surface area contributed by atoms with Crippen LogP contribution in [0.4, 0.5) is 0 Å². The van der Waals surface area contributed by atoms with Crippen LogP contribution in [0.2, 0.25) is 0 Å². The Labute approximate surface area is 238 Å². The van der Waals surface area contributed by atoms with Gasteiger partial charge in [-0.05, 0) is 49.0 Å². The second-order valence-corrected chi connectivity index (χ2v) is 11.2. The maximum atomic E-state index is 11.8. The van der Waals surface area contributed by atoms with Crippen molar-refractivity contribution in [2.24, 2.45) is 23.5 Å². The fourth-order valence-electron chi connectivity index (χ4n) is 6.15. The Kier molecular flexibility index (Phi) is 12.5. The van der Waals surface area contributed by atoms with Gasteiger partial charge in [0.1, 0.15) is 0 Å². The van der Waals surface area contributed by atoms with E-state index in [1.165, 1.54) is 11.1 Å². The van der Waals surface area contributed by atoms with Gasteiger partial charge in [-0.25, -0.2) is 0 Å². The lowest BCUT2D eigenvalue weighted by atomic mass is 9.78. The van der Waals surface area contributed by atoms with Crippen LogP contribution in [0, 0.1) is 17.8 Å². The summed E-state index contributed by atoms with van der Waals surface area (Å²) >= 11 is 0. The average molecular weight is 530 g/mol. The monoisotopic (exact) mass is 529 g/mol. The molecule has 2 N–H and O–H groups in total. The van der Waals surface area contributed by atoms with E-state index in [1.807, 2.05) is 26.0 Å². The summed E-state index contributed by atoms with van der Waals surface area (Å²) in [5, 5.41) is 0. The number of nitrogens with two attached hydrogens (primary N) is 1. The summed E-state index contributed by atoms with van der Waals surface area (Å²) in [6.07, 6.45) is 21.4. The Morgan fingerprint density at radius 3 is 2.49 bits per heavy atom. The van der Waals surface area contributed by atoms with Gasteiger partial charge in [-0.2, -0.15) is 0 Å². The molecule has 0 saturated carbocycles. The van der Waals surface area contributed by atoms with E-state index in [9.17, 15) is 4.79 Å². The van der Waals surface area contributed by atoms with E-state index in [0.717, 1.165) is 57.4 Å². The molecule has 1 aromatic carbocycles. The smallest absolute Gasteiger partial charge is 0.244 e. The van der Waals surface area contributed by atoms with Gasteiger partial charge in [0.15, 0.2) is 0 Å². The SMILES string of the molecule is CC.CCC1CN(C/C2=C/CC=C/C=C\C2)[C@@H](c2ccccc2)CN1CC(C)[C@H](C)C1C=CC=C(C(N)=O)C1. The van der Waals surface area contributed by atoms with E-state index in [0.29, 0.717) is 29.8 Å². The van der Waals surface area contributed by atoms with E-state index >= 15 is 0 Å². The quantitative estimate of drug-likeness (QED) is 0.343. The maximum absolute atomic E-state index is 11.8. The summed E-state index contributed by atoms with van der Waals surface area (Å²) in [5.74, 6) is 1.07. The molecule has 3 unspecified atom stereocenters. The molecule has 0 spiro atoms. The standard InChI is InChI=1S/C33H45N3O.C2H6/c1-4-31-23-36(22-27-14-9-6-5-7-10-15-27)32(28-16-11-8-12-17-28)24-35(31)21-25(2)26(3)29-18-13-19-30(20-29)33(34)37;1-2/h5-9,11-13,15-19,25-26,29,31-32H,4,10,14,20-24H2,1-3H3,(H2,34,37);1-2H3/b7-5?,9-6-,27-15+;/t25?,26-,29?,31?,32+;/m0./s1. The molecular weight excluding hydrogens is 478 g/mol. The number of carbonyl (C=O) groups is 1. The van der Waals surface area contributed by atoms with Crippen molar-refractivity contribution in [3.63, 3.8) is 0 Å². The van der Waals surface area contributed by atoms with Crippen molar-refractivity contribution in [1.82, 2.24) is 9.80 Å². The van der Waals surface area contributed by atoms with E-state index in [1.54, 1.807) is 0 Å². The lowest BCUT2D eigenvalue weighted by Gasteiger charge is -2.48. The molecule has 1 aliphatic heterocycles. The predicted octanol–water partition coefficient (Wildman–Crippen LogP) is 7.24. The fraction of sp³-hybridized carbons (Fsp3) is 0.514. The highest BCUT2D eigenvalue weighted by Gasteiger charge is 2.36. The number of primary amides is 1. The van der Waals surface area contributed by atoms with E-state index in [-0.39, 0.29) is 5.91 Å². The van der Waals surface area contributed by atoms with Crippen molar-refractivity contribution in [2.45, 2.75) is 72.4 Å². The van der Waals surface area contributed by atoms with Crippen LogP contribution in [0.3, 0.4) is 0 Å². The molecule has 39 heavy (non-hydrogen) atoms. The van der Waals surface area contributed by atoms with Gasteiger partial charge in [-0.3, -0.25) is 14.6 Å². The third kappa shape index (κ3) is 8.65. The first-order valence-corrected chi connectivity index (χ1v) is 15.2. The highest BCUT2D eigenvalue weighted by atomic mass is 16.1. The summed E-state index contributed by atoms with van der Waals surface area (Å²) in [5.41, 5.74) is 9.28. The molecule has 0 radical (unpaired) electrons. The number of piperazine rings is 1. The second kappa shape index (κ2) is 15.8. The first-order valence-electron chi connectivity index (χ1n) is 15.2. The van der Waals surface area contributed by atoms with Crippen LogP contribution in [0.1, 0.15) is 71.9 Å². The van der Waals surface area contributed by atoms with Gasteiger partial charge in [-0.1, -0.05) is 119 Å². The minimum absolute atomic E-state index is 0.284. The van der Waals surface area contributed by atoms with Gasteiger partial charge in [0.25, 0.3) is 0 Å². The van der Waals surface area contributed by atoms with Gasteiger partial charge in [-0.15, -0.1) is 0 Å². The lowest BCUT2D eigenvalue weighted by molar-refractivity contribution is -0.114. The molecule has 212 valence electrons. The molecule has 0 aromatic heterocycles. The van der Waals surface area contributed by atoms with E-state index < -0.39 is 0 Å². The van der Waals surface area contributed by atoms with Crippen LogP contribution in [0.25, 0.3) is 0 Å². The Morgan fingerprint density at radius 2 is 1.77 bits per heavy atom. The van der Waals surface area contributed by atoms with Crippen molar-refractivity contribution < 1.29 is 4.79 Å². The van der Waals surface area contributed by atoms with Gasteiger partial charge in [0, 0.05) is 43.8 Å². The van der Waals surface area contributed by atoms with Crippen molar-refractivity contribution in [1.29, 1.82) is 0 Å². The zero-order valence-corrected chi connectivity index (χ0v) is 24.9. The van der Waals surface area contributed by atoms with Crippen LogP contribution in [0.5, 0.6) is 0 Å². The number of hydrogen-bond acceptors (Lipinski definition) is 3. The number of rotatable bonds is 9. The summed E-state index contributed by atoms with van der Waals surface area (Å²) < 4.78 is 0. The molecule has 1 heterocycles. The van der Waals surface area contributed by atoms with Crippen LogP contribution in [0.15, 0.2) is 90.1 Å². The molecule has 1 amide bonds. The van der Waals surface area contributed by atoms with Gasteiger partial charge in [0.2, 0.25) is 5.91 Å². The summed E-state index contributed by atoms with van der Waals surface area (Å²) in [6, 6.07) is 12.0. The Hall–Kier alpha value is -2.69. The lowest BCUT2D eigenvalue weighted by Crippen LogP contribution is -2.55. The summed E-state index contributed by atoms with van der Waals surface area (Å²) in [4.78, 5) is 17.2. The van der Waals surface area contributed by atoms with Gasteiger partial charge < -0.3 is 5.73 Å².